The molecular weight excluding hydrogens is 236 g/mol. The second-order valence-electron chi connectivity index (χ2n) is 3.89. The highest BCUT2D eigenvalue weighted by Crippen LogP contribution is 2.08. The van der Waals surface area contributed by atoms with Gasteiger partial charge in [0, 0.05) is 24.2 Å². The Kier molecular flexibility index (Phi) is 3.64. The van der Waals surface area contributed by atoms with Crippen molar-refractivity contribution in [2.24, 2.45) is 9.98 Å². The summed E-state index contributed by atoms with van der Waals surface area (Å²) in [6.45, 7) is 3.66. The molecule has 3 rings (SSSR count). The van der Waals surface area contributed by atoms with Crippen LogP contribution in [0.2, 0.25) is 0 Å². The average Bonchev–Trinajstić information content (AvgIpc) is 3.03. The van der Waals surface area contributed by atoms with E-state index in [4.69, 9.17) is 0 Å². The van der Waals surface area contributed by atoms with Gasteiger partial charge in [0.05, 0.1) is 13.1 Å². The van der Waals surface area contributed by atoms with Gasteiger partial charge in [-0.15, -0.1) is 12.4 Å². The van der Waals surface area contributed by atoms with Gasteiger partial charge < -0.3 is 10.6 Å². The van der Waals surface area contributed by atoms with Gasteiger partial charge in [0.15, 0.2) is 0 Å². The van der Waals surface area contributed by atoms with E-state index in [1.165, 1.54) is 0 Å². The van der Waals surface area contributed by atoms with Crippen LogP contribution in [0.3, 0.4) is 0 Å². The number of nitrogens with one attached hydrogen (secondary N) is 2. The number of amidine groups is 2. The first-order chi connectivity index (χ1) is 7.93. The van der Waals surface area contributed by atoms with Gasteiger partial charge in [-0.2, -0.15) is 0 Å². The highest BCUT2D eigenvalue weighted by molar-refractivity contribution is 6.03. The molecule has 0 saturated carbocycles. The molecule has 2 heterocycles. The third-order valence-electron chi connectivity index (χ3n) is 2.78. The Hall–Kier alpha value is -1.55. The van der Waals surface area contributed by atoms with Gasteiger partial charge in [0.1, 0.15) is 11.7 Å². The number of hydrogen-bond donors (Lipinski definition) is 2. The average molecular weight is 251 g/mol. The first kappa shape index (κ1) is 11.9. The predicted molar refractivity (Wildman–Crippen MR) is 72.5 cm³/mol. The van der Waals surface area contributed by atoms with E-state index in [0.29, 0.717) is 0 Å². The van der Waals surface area contributed by atoms with Crippen LogP contribution in [-0.2, 0) is 0 Å². The van der Waals surface area contributed by atoms with E-state index in [2.05, 4.69) is 44.9 Å². The van der Waals surface area contributed by atoms with Crippen LogP contribution in [0, 0.1) is 0 Å². The quantitative estimate of drug-likeness (QED) is 0.816. The van der Waals surface area contributed by atoms with Crippen molar-refractivity contribution in [3.8, 4) is 0 Å². The van der Waals surface area contributed by atoms with E-state index in [1.807, 2.05) is 0 Å². The normalized spacial score (nSPS) is 17.6. The van der Waals surface area contributed by atoms with Crippen molar-refractivity contribution in [1.82, 2.24) is 10.6 Å². The van der Waals surface area contributed by atoms with E-state index in [1.54, 1.807) is 0 Å². The molecule has 1 aromatic rings. The molecule has 0 amide bonds. The molecule has 0 radical (unpaired) electrons. The van der Waals surface area contributed by atoms with Crippen LogP contribution in [-0.4, -0.2) is 37.9 Å². The van der Waals surface area contributed by atoms with Crippen LogP contribution in [0.25, 0.3) is 0 Å². The molecule has 2 aliphatic heterocycles. The lowest BCUT2D eigenvalue weighted by Crippen LogP contribution is -2.21. The molecule has 4 nitrogen and oxygen atoms in total. The van der Waals surface area contributed by atoms with Crippen molar-refractivity contribution in [3.05, 3.63) is 35.4 Å². The summed E-state index contributed by atoms with van der Waals surface area (Å²) in [5.41, 5.74) is 2.31. The van der Waals surface area contributed by atoms with Crippen LogP contribution in [0.4, 0.5) is 0 Å². The molecule has 1 aromatic carbocycles. The zero-order chi connectivity index (χ0) is 10.8. The van der Waals surface area contributed by atoms with Crippen molar-refractivity contribution in [2.45, 2.75) is 0 Å². The largest absolute Gasteiger partial charge is 0.368 e. The molecule has 5 heteroatoms. The summed E-state index contributed by atoms with van der Waals surface area (Å²) in [4.78, 5) is 8.79. The molecule has 0 saturated heterocycles. The van der Waals surface area contributed by atoms with Crippen LogP contribution < -0.4 is 10.6 Å². The monoisotopic (exact) mass is 250 g/mol. The fourth-order valence-electron chi connectivity index (χ4n) is 1.97. The minimum atomic E-state index is 0. The van der Waals surface area contributed by atoms with Gasteiger partial charge >= 0.3 is 0 Å². The van der Waals surface area contributed by atoms with Gasteiger partial charge in [0.2, 0.25) is 0 Å². The van der Waals surface area contributed by atoms with Gasteiger partial charge in [0.25, 0.3) is 0 Å². The molecule has 2 aliphatic rings. The Balaban J connectivity index is 0.00000108. The molecule has 0 aliphatic carbocycles. The fourth-order valence-corrected chi connectivity index (χ4v) is 1.97. The summed E-state index contributed by atoms with van der Waals surface area (Å²) in [5.74, 6) is 2.01. The van der Waals surface area contributed by atoms with E-state index >= 15 is 0 Å². The van der Waals surface area contributed by atoms with Crippen molar-refractivity contribution < 1.29 is 0 Å². The maximum absolute atomic E-state index is 4.39. The number of hydrogen-bond acceptors (Lipinski definition) is 4. The summed E-state index contributed by atoms with van der Waals surface area (Å²) in [6, 6.07) is 8.37. The van der Waals surface area contributed by atoms with Crippen LogP contribution in [0.1, 0.15) is 11.1 Å². The minimum absolute atomic E-state index is 0. The molecule has 0 bridgehead atoms. The van der Waals surface area contributed by atoms with Gasteiger partial charge in [-0.3, -0.25) is 9.98 Å². The first-order valence-corrected chi connectivity index (χ1v) is 5.61. The smallest absolute Gasteiger partial charge is 0.128 e. The highest BCUT2D eigenvalue weighted by atomic mass is 35.5. The Morgan fingerprint density at radius 1 is 0.765 bits per heavy atom. The summed E-state index contributed by atoms with van der Waals surface area (Å²) in [7, 11) is 0. The maximum Gasteiger partial charge on any atom is 0.128 e. The number of benzene rings is 1. The van der Waals surface area contributed by atoms with Crippen LogP contribution in [0.15, 0.2) is 34.3 Å². The first-order valence-electron chi connectivity index (χ1n) is 5.61. The van der Waals surface area contributed by atoms with Crippen molar-refractivity contribution in [1.29, 1.82) is 0 Å². The zero-order valence-electron chi connectivity index (χ0n) is 9.44. The molecule has 17 heavy (non-hydrogen) atoms. The molecule has 0 spiro atoms. The third kappa shape index (κ3) is 2.42. The van der Waals surface area contributed by atoms with E-state index in [9.17, 15) is 0 Å². The Morgan fingerprint density at radius 3 is 1.47 bits per heavy atom. The summed E-state index contributed by atoms with van der Waals surface area (Å²) >= 11 is 0. The Bertz CT molecular complexity index is 407. The Morgan fingerprint density at radius 2 is 1.18 bits per heavy atom. The third-order valence-corrected chi connectivity index (χ3v) is 2.78. The highest BCUT2D eigenvalue weighted by Gasteiger charge is 2.10. The minimum Gasteiger partial charge on any atom is -0.368 e. The summed E-state index contributed by atoms with van der Waals surface area (Å²) in [5, 5.41) is 6.53. The van der Waals surface area contributed by atoms with E-state index < -0.39 is 0 Å². The molecule has 0 fully saturated rings. The fraction of sp³-hybridized carbons (Fsp3) is 0.333. The maximum atomic E-state index is 4.39. The predicted octanol–water partition coefficient (Wildman–Crippen LogP) is 0.808. The number of nitrogens with zero attached hydrogens (tertiary/aromatic N) is 2. The van der Waals surface area contributed by atoms with Crippen molar-refractivity contribution in [3.63, 3.8) is 0 Å². The SMILES string of the molecule is Cl.c1cc(C2=NCCN2)ccc1C1=NCCN1. The second-order valence-corrected chi connectivity index (χ2v) is 3.89. The van der Waals surface area contributed by atoms with Gasteiger partial charge in [-0.25, -0.2) is 0 Å². The van der Waals surface area contributed by atoms with E-state index in [-0.39, 0.29) is 12.4 Å². The molecular formula is C12H15ClN4. The van der Waals surface area contributed by atoms with Gasteiger partial charge in [-0.1, -0.05) is 24.3 Å². The van der Waals surface area contributed by atoms with E-state index in [0.717, 1.165) is 49.0 Å². The molecule has 2 N–H and O–H groups in total. The number of halogens is 1. The lowest BCUT2D eigenvalue weighted by Gasteiger charge is -2.05. The number of rotatable bonds is 2. The summed E-state index contributed by atoms with van der Waals surface area (Å²) in [6.07, 6.45) is 0. The number of aliphatic imine (C=N–C) groups is 2. The topological polar surface area (TPSA) is 48.8 Å². The Labute approximate surface area is 107 Å². The molecule has 0 aromatic heterocycles. The van der Waals surface area contributed by atoms with Crippen molar-refractivity contribution in [2.75, 3.05) is 26.2 Å². The van der Waals surface area contributed by atoms with Crippen LogP contribution in [0.5, 0.6) is 0 Å². The lowest BCUT2D eigenvalue weighted by atomic mass is 10.1. The van der Waals surface area contributed by atoms with Crippen LogP contribution >= 0.6 is 12.4 Å². The van der Waals surface area contributed by atoms with Gasteiger partial charge in [-0.05, 0) is 0 Å². The molecule has 0 unspecified atom stereocenters. The van der Waals surface area contributed by atoms with Crippen molar-refractivity contribution >= 4 is 24.1 Å². The second kappa shape index (κ2) is 5.19. The zero-order valence-corrected chi connectivity index (χ0v) is 10.3. The molecule has 0 atom stereocenters. The lowest BCUT2D eigenvalue weighted by molar-refractivity contribution is 0.959. The standard InChI is InChI=1S/C12H14N4.ClH/c1-2-10(12-15-7-8-16-12)4-3-9(1)11-13-5-6-14-11;/h1-4H,5-8H2,(H,13,14)(H,15,16);1H. The molecule has 90 valence electrons. The summed E-state index contributed by atoms with van der Waals surface area (Å²) < 4.78 is 0.